The van der Waals surface area contributed by atoms with Crippen LogP contribution in [0.5, 0.6) is 11.8 Å². The minimum atomic E-state index is 0.336. The largest absolute Gasteiger partial charge is 0.424 e. The molecule has 0 amide bonds. The molecule has 0 bridgehead atoms. The summed E-state index contributed by atoms with van der Waals surface area (Å²) in [6.07, 6.45) is 9.00. The van der Waals surface area contributed by atoms with Gasteiger partial charge < -0.3 is 9.64 Å². The van der Waals surface area contributed by atoms with E-state index in [9.17, 15) is 0 Å². The van der Waals surface area contributed by atoms with Gasteiger partial charge in [-0.1, -0.05) is 5.21 Å². The lowest BCUT2D eigenvalue weighted by Crippen LogP contribution is -2.26. The first kappa shape index (κ1) is 16.7. The smallest absolute Gasteiger partial charge is 0.321 e. The maximum Gasteiger partial charge on any atom is 0.321 e. The molecule has 3 heterocycles. The van der Waals surface area contributed by atoms with Crippen LogP contribution in [0.2, 0.25) is 0 Å². The van der Waals surface area contributed by atoms with Crippen LogP contribution in [0, 0.1) is 0 Å². The third-order valence-electron chi connectivity index (χ3n) is 4.80. The molecule has 0 aliphatic carbocycles. The number of hydrogen-bond donors (Lipinski definition) is 0. The fourth-order valence-corrected chi connectivity index (χ4v) is 3.30. The topological polar surface area (TPSA) is 69.0 Å². The van der Waals surface area contributed by atoms with Crippen molar-refractivity contribution < 1.29 is 4.74 Å². The Bertz CT molecular complexity index is 833. The summed E-state index contributed by atoms with van der Waals surface area (Å²) in [7, 11) is 2.20. The zero-order valence-corrected chi connectivity index (χ0v) is 14.8. The van der Waals surface area contributed by atoms with Gasteiger partial charge in [-0.25, -0.2) is 9.97 Å². The molecule has 0 saturated carbocycles. The van der Waals surface area contributed by atoms with E-state index in [0.717, 1.165) is 24.2 Å². The first-order valence-corrected chi connectivity index (χ1v) is 8.93. The summed E-state index contributed by atoms with van der Waals surface area (Å²) in [4.78, 5) is 10.5. The molecule has 0 radical (unpaired) electrons. The Balaban J connectivity index is 1.37. The summed E-state index contributed by atoms with van der Waals surface area (Å²) >= 11 is 0. The van der Waals surface area contributed by atoms with E-state index in [2.05, 4.69) is 32.2 Å². The van der Waals surface area contributed by atoms with Gasteiger partial charge >= 0.3 is 6.01 Å². The van der Waals surface area contributed by atoms with E-state index < -0.39 is 0 Å². The van der Waals surface area contributed by atoms with Gasteiger partial charge in [0.2, 0.25) is 0 Å². The summed E-state index contributed by atoms with van der Waals surface area (Å²) in [6.45, 7) is 2.10. The van der Waals surface area contributed by atoms with E-state index in [0.29, 0.717) is 17.8 Å². The first-order valence-electron chi connectivity index (χ1n) is 8.93. The van der Waals surface area contributed by atoms with Gasteiger partial charge in [-0.15, -0.1) is 5.10 Å². The summed E-state index contributed by atoms with van der Waals surface area (Å²) < 4.78 is 7.55. The molecule has 0 spiro atoms. The van der Waals surface area contributed by atoms with Crippen molar-refractivity contribution in [2.45, 2.75) is 31.8 Å². The summed E-state index contributed by atoms with van der Waals surface area (Å²) in [5.41, 5.74) is 1.88. The highest BCUT2D eigenvalue weighted by Crippen LogP contribution is 2.23. The molecule has 0 unspecified atom stereocenters. The predicted molar refractivity (Wildman–Crippen MR) is 97.8 cm³/mol. The second-order valence-electron chi connectivity index (χ2n) is 6.59. The number of rotatable bonds is 6. The second kappa shape index (κ2) is 7.61. The number of hydrogen-bond acceptors (Lipinski definition) is 6. The lowest BCUT2D eigenvalue weighted by Gasteiger charge is -2.18. The van der Waals surface area contributed by atoms with E-state index in [-0.39, 0.29) is 0 Å². The van der Waals surface area contributed by atoms with Crippen molar-refractivity contribution in [2.24, 2.45) is 0 Å². The van der Waals surface area contributed by atoms with Crippen molar-refractivity contribution in [1.82, 2.24) is 29.9 Å². The predicted octanol–water partition coefficient (Wildman–Crippen LogP) is 3.01. The Labute approximate surface area is 152 Å². The monoisotopic (exact) mass is 350 g/mol. The van der Waals surface area contributed by atoms with Crippen molar-refractivity contribution in [2.75, 3.05) is 13.6 Å². The van der Waals surface area contributed by atoms with E-state index >= 15 is 0 Å². The van der Waals surface area contributed by atoms with Crippen LogP contribution in [0.4, 0.5) is 0 Å². The lowest BCUT2D eigenvalue weighted by molar-refractivity contribution is 0.282. The highest BCUT2D eigenvalue weighted by Gasteiger charge is 2.20. The molecule has 2 aromatic heterocycles. The molecule has 1 aliphatic rings. The molecule has 7 heteroatoms. The number of aryl methyl sites for hydroxylation is 1. The number of likely N-dealkylation sites (tertiary alicyclic amines) is 1. The Morgan fingerprint density at radius 2 is 1.96 bits per heavy atom. The minimum absolute atomic E-state index is 0.336. The van der Waals surface area contributed by atoms with Crippen LogP contribution in [0.25, 0.3) is 11.3 Å². The molecular formula is C19H22N6O. The summed E-state index contributed by atoms with van der Waals surface area (Å²) in [6, 6.07) is 10.5. The first-order chi connectivity index (χ1) is 12.8. The average molecular weight is 350 g/mol. The summed E-state index contributed by atoms with van der Waals surface area (Å²) in [5.74, 6) is 0.691. The molecule has 26 heavy (non-hydrogen) atoms. The van der Waals surface area contributed by atoms with Gasteiger partial charge in [0.05, 0.1) is 6.20 Å². The van der Waals surface area contributed by atoms with Gasteiger partial charge in [0, 0.05) is 30.5 Å². The maximum absolute atomic E-state index is 5.61. The molecule has 1 aliphatic heterocycles. The molecule has 1 atom stereocenters. The molecule has 7 nitrogen and oxygen atoms in total. The molecule has 1 fully saturated rings. The average Bonchev–Trinajstić information content (AvgIpc) is 3.30. The van der Waals surface area contributed by atoms with E-state index in [1.807, 2.05) is 35.1 Å². The molecule has 134 valence electrons. The SMILES string of the molecule is CN1CCC[C@H]1CCn1cc(-c2ccc(Oc3ncccn3)cc2)nn1. The standard InChI is InChI=1S/C19H22N6O/c1-24-12-2-4-16(24)9-13-25-14-18(22-23-25)15-5-7-17(8-6-15)26-19-20-10-3-11-21-19/h3,5-8,10-11,14,16H,2,4,9,12-13H2,1H3/t16-/m0/s1. The van der Waals surface area contributed by atoms with Gasteiger partial charge in [0.15, 0.2) is 0 Å². The molecular weight excluding hydrogens is 328 g/mol. The normalized spacial score (nSPS) is 17.5. The zero-order chi connectivity index (χ0) is 17.8. The van der Waals surface area contributed by atoms with Gasteiger partial charge in [0.25, 0.3) is 0 Å². The van der Waals surface area contributed by atoms with E-state index in [4.69, 9.17) is 4.74 Å². The fourth-order valence-electron chi connectivity index (χ4n) is 3.30. The Morgan fingerprint density at radius 1 is 1.15 bits per heavy atom. The second-order valence-corrected chi connectivity index (χ2v) is 6.59. The molecule has 4 rings (SSSR count). The molecule has 1 saturated heterocycles. The molecule has 3 aromatic rings. The van der Waals surface area contributed by atoms with Gasteiger partial charge in [-0.2, -0.15) is 0 Å². The summed E-state index contributed by atoms with van der Waals surface area (Å²) in [5, 5.41) is 8.56. The third kappa shape index (κ3) is 3.88. The van der Waals surface area contributed by atoms with Crippen molar-refractivity contribution in [1.29, 1.82) is 0 Å². The van der Waals surface area contributed by atoms with Crippen LogP contribution in [-0.2, 0) is 6.54 Å². The van der Waals surface area contributed by atoms with Crippen LogP contribution < -0.4 is 4.74 Å². The Kier molecular flexibility index (Phi) is 4.88. The minimum Gasteiger partial charge on any atom is -0.424 e. The maximum atomic E-state index is 5.61. The quantitative estimate of drug-likeness (QED) is 0.681. The Morgan fingerprint density at radius 3 is 2.69 bits per heavy atom. The number of nitrogens with zero attached hydrogens (tertiary/aromatic N) is 6. The third-order valence-corrected chi connectivity index (χ3v) is 4.80. The number of ether oxygens (including phenoxy) is 1. The van der Waals surface area contributed by atoms with E-state index in [1.54, 1.807) is 18.5 Å². The van der Waals surface area contributed by atoms with Gasteiger partial charge in [-0.3, -0.25) is 4.68 Å². The van der Waals surface area contributed by atoms with Crippen molar-refractivity contribution >= 4 is 0 Å². The van der Waals surface area contributed by atoms with E-state index in [1.165, 1.54) is 19.4 Å². The van der Waals surface area contributed by atoms with Gasteiger partial charge in [0.1, 0.15) is 11.4 Å². The van der Waals surface area contributed by atoms with Crippen molar-refractivity contribution in [3.8, 4) is 23.0 Å². The van der Waals surface area contributed by atoms with Crippen LogP contribution in [0.1, 0.15) is 19.3 Å². The molecule has 0 N–H and O–H groups in total. The van der Waals surface area contributed by atoms with Crippen LogP contribution in [-0.4, -0.2) is 49.5 Å². The highest BCUT2D eigenvalue weighted by atomic mass is 16.5. The van der Waals surface area contributed by atoms with Gasteiger partial charge in [-0.05, 0) is 63.2 Å². The Hall–Kier alpha value is -2.80. The highest BCUT2D eigenvalue weighted by molar-refractivity contribution is 5.58. The molecule has 1 aromatic carbocycles. The number of benzene rings is 1. The van der Waals surface area contributed by atoms with Crippen LogP contribution in [0.15, 0.2) is 48.9 Å². The van der Waals surface area contributed by atoms with Crippen LogP contribution in [0.3, 0.4) is 0 Å². The van der Waals surface area contributed by atoms with Crippen LogP contribution >= 0.6 is 0 Å². The number of aromatic nitrogens is 5. The zero-order valence-electron chi connectivity index (χ0n) is 14.8. The fraction of sp³-hybridized carbons (Fsp3) is 0.368. The van der Waals surface area contributed by atoms with Crippen molar-refractivity contribution in [3.05, 3.63) is 48.9 Å². The lowest BCUT2D eigenvalue weighted by atomic mass is 10.1. The van der Waals surface area contributed by atoms with Crippen molar-refractivity contribution in [3.63, 3.8) is 0 Å².